The molecule has 0 aliphatic rings. The Hall–Kier alpha value is -2.61. The van der Waals surface area contributed by atoms with Gasteiger partial charge in [-0.25, -0.2) is 0 Å². The van der Waals surface area contributed by atoms with Gasteiger partial charge in [-0.1, -0.05) is 72.8 Å². The average molecular weight is 262 g/mol. The molecule has 0 radical (unpaired) electrons. The molecule has 2 nitrogen and oxygen atoms in total. The highest BCUT2D eigenvalue weighted by molar-refractivity contribution is 5.92. The van der Waals surface area contributed by atoms with E-state index in [2.05, 4.69) is 0 Å². The number of carbonyl (C=O) groups is 1. The summed E-state index contributed by atoms with van der Waals surface area (Å²) in [5.41, 5.74) is 1.64. The van der Waals surface area contributed by atoms with E-state index in [9.17, 15) is 9.90 Å². The van der Waals surface area contributed by atoms with Crippen molar-refractivity contribution in [1.82, 2.24) is 0 Å². The van der Waals surface area contributed by atoms with Crippen LogP contribution in [0.4, 0.5) is 0 Å². The van der Waals surface area contributed by atoms with E-state index in [-0.39, 0.29) is 0 Å². The molecule has 3 aromatic rings. The molecule has 20 heavy (non-hydrogen) atoms. The lowest BCUT2D eigenvalue weighted by molar-refractivity contribution is -0.137. The Morgan fingerprint density at radius 2 is 1.45 bits per heavy atom. The van der Waals surface area contributed by atoms with Gasteiger partial charge in [0.2, 0.25) is 0 Å². The normalized spacial score (nSPS) is 12.2. The first kappa shape index (κ1) is 12.4. The van der Waals surface area contributed by atoms with Gasteiger partial charge in [0, 0.05) is 0 Å². The monoisotopic (exact) mass is 262 g/mol. The van der Waals surface area contributed by atoms with E-state index in [4.69, 9.17) is 0 Å². The van der Waals surface area contributed by atoms with Gasteiger partial charge in [-0.15, -0.1) is 0 Å². The Bertz CT molecular complexity index is 742. The van der Waals surface area contributed by atoms with Gasteiger partial charge >= 0.3 is 5.97 Å². The van der Waals surface area contributed by atoms with Gasteiger partial charge in [0.1, 0.15) is 5.92 Å². The zero-order valence-electron chi connectivity index (χ0n) is 10.9. The van der Waals surface area contributed by atoms with E-state index < -0.39 is 11.9 Å². The fraction of sp³-hybridized carbons (Fsp3) is 0.0556. The number of carboxylic acids is 1. The second-order valence-corrected chi connectivity index (χ2v) is 4.75. The largest absolute Gasteiger partial charge is 0.481 e. The quantitative estimate of drug-likeness (QED) is 0.773. The van der Waals surface area contributed by atoms with Crippen LogP contribution in [0.1, 0.15) is 17.0 Å². The van der Waals surface area contributed by atoms with Crippen molar-refractivity contribution in [1.29, 1.82) is 0 Å². The minimum atomic E-state index is -0.826. The Morgan fingerprint density at radius 3 is 2.20 bits per heavy atom. The van der Waals surface area contributed by atoms with Crippen LogP contribution >= 0.6 is 0 Å². The first-order valence-corrected chi connectivity index (χ1v) is 6.53. The van der Waals surface area contributed by atoms with Crippen molar-refractivity contribution in [2.45, 2.75) is 5.92 Å². The minimum absolute atomic E-state index is 0.637. The fourth-order valence-electron chi connectivity index (χ4n) is 2.60. The molecule has 0 fully saturated rings. The number of aliphatic carboxylic acids is 1. The minimum Gasteiger partial charge on any atom is -0.481 e. The van der Waals surface area contributed by atoms with E-state index in [1.54, 1.807) is 0 Å². The zero-order chi connectivity index (χ0) is 13.9. The second-order valence-electron chi connectivity index (χ2n) is 4.75. The third-order valence-corrected chi connectivity index (χ3v) is 3.51. The molecular formula is C18H14O2. The SMILES string of the molecule is O=C(O)C(c1ccccc1)c1cccc2ccccc12. The number of carboxylic acid groups (broad SMARTS) is 1. The molecule has 1 N–H and O–H groups in total. The number of fused-ring (bicyclic) bond motifs is 1. The molecule has 0 heterocycles. The molecule has 0 aromatic heterocycles. The molecule has 1 atom stereocenters. The summed E-state index contributed by atoms with van der Waals surface area (Å²) in [7, 11) is 0. The molecule has 3 rings (SSSR count). The maximum absolute atomic E-state index is 11.7. The van der Waals surface area contributed by atoms with Crippen LogP contribution in [0.3, 0.4) is 0 Å². The highest BCUT2D eigenvalue weighted by atomic mass is 16.4. The molecule has 0 aliphatic heterocycles. The number of rotatable bonds is 3. The molecule has 0 saturated carbocycles. The van der Waals surface area contributed by atoms with Crippen LogP contribution in [0.2, 0.25) is 0 Å². The summed E-state index contributed by atoms with van der Waals surface area (Å²) >= 11 is 0. The topological polar surface area (TPSA) is 37.3 Å². The lowest BCUT2D eigenvalue weighted by Gasteiger charge is -2.15. The van der Waals surface area contributed by atoms with Crippen LogP contribution in [0.15, 0.2) is 72.8 Å². The molecule has 0 spiro atoms. The second kappa shape index (κ2) is 5.17. The molecule has 3 aromatic carbocycles. The Morgan fingerprint density at radius 1 is 0.800 bits per heavy atom. The van der Waals surface area contributed by atoms with Gasteiger partial charge in [0.05, 0.1) is 0 Å². The zero-order valence-corrected chi connectivity index (χ0v) is 10.9. The Kier molecular flexibility index (Phi) is 3.21. The summed E-state index contributed by atoms with van der Waals surface area (Å²) in [5, 5.41) is 11.7. The summed E-state index contributed by atoms with van der Waals surface area (Å²) in [5.74, 6) is -1.46. The fourth-order valence-corrected chi connectivity index (χ4v) is 2.60. The Balaban J connectivity index is 2.23. The van der Waals surface area contributed by atoms with Crippen LogP contribution in [0, 0.1) is 0 Å². The van der Waals surface area contributed by atoms with Crippen LogP contribution in [-0.2, 0) is 4.79 Å². The van der Waals surface area contributed by atoms with E-state index in [0.29, 0.717) is 0 Å². The van der Waals surface area contributed by atoms with Gasteiger partial charge in [0.15, 0.2) is 0 Å². The molecular weight excluding hydrogens is 248 g/mol. The van der Waals surface area contributed by atoms with E-state index in [1.165, 1.54) is 0 Å². The average Bonchev–Trinajstić information content (AvgIpc) is 2.48. The van der Waals surface area contributed by atoms with Gasteiger partial charge in [-0.2, -0.15) is 0 Å². The molecule has 0 bridgehead atoms. The number of benzene rings is 3. The number of hydrogen-bond donors (Lipinski definition) is 1. The van der Waals surface area contributed by atoms with Gasteiger partial charge < -0.3 is 5.11 Å². The Labute approximate surface area is 117 Å². The maximum Gasteiger partial charge on any atom is 0.315 e. The van der Waals surface area contributed by atoms with E-state index in [1.807, 2.05) is 72.8 Å². The van der Waals surface area contributed by atoms with Crippen molar-refractivity contribution in [3.8, 4) is 0 Å². The molecule has 98 valence electrons. The number of hydrogen-bond acceptors (Lipinski definition) is 1. The predicted octanol–water partition coefficient (Wildman–Crippen LogP) is 4.06. The lowest BCUT2D eigenvalue weighted by Crippen LogP contribution is -2.13. The van der Waals surface area contributed by atoms with Crippen LogP contribution in [0.5, 0.6) is 0 Å². The third-order valence-electron chi connectivity index (χ3n) is 3.51. The standard InChI is InChI=1S/C18H14O2/c19-18(20)17(14-8-2-1-3-9-14)16-12-6-10-13-7-4-5-11-15(13)16/h1-12,17H,(H,19,20). The maximum atomic E-state index is 11.7. The van der Waals surface area contributed by atoms with Crippen molar-refractivity contribution in [3.63, 3.8) is 0 Å². The first-order chi connectivity index (χ1) is 9.77. The molecule has 0 saturated heterocycles. The van der Waals surface area contributed by atoms with Crippen molar-refractivity contribution in [3.05, 3.63) is 83.9 Å². The first-order valence-electron chi connectivity index (χ1n) is 6.53. The molecule has 1 unspecified atom stereocenters. The smallest absolute Gasteiger partial charge is 0.315 e. The summed E-state index contributed by atoms with van der Waals surface area (Å²) in [6.45, 7) is 0. The van der Waals surface area contributed by atoms with Crippen LogP contribution < -0.4 is 0 Å². The van der Waals surface area contributed by atoms with Crippen molar-refractivity contribution in [2.24, 2.45) is 0 Å². The third kappa shape index (κ3) is 2.16. The molecule has 0 aliphatic carbocycles. The van der Waals surface area contributed by atoms with Crippen molar-refractivity contribution >= 4 is 16.7 Å². The molecule has 2 heteroatoms. The van der Waals surface area contributed by atoms with E-state index in [0.717, 1.165) is 21.9 Å². The molecule has 0 amide bonds. The van der Waals surface area contributed by atoms with Crippen LogP contribution in [0.25, 0.3) is 10.8 Å². The summed E-state index contributed by atoms with van der Waals surface area (Å²) in [6.07, 6.45) is 0. The van der Waals surface area contributed by atoms with Gasteiger partial charge in [-0.3, -0.25) is 4.79 Å². The summed E-state index contributed by atoms with van der Waals surface area (Å²) < 4.78 is 0. The summed E-state index contributed by atoms with van der Waals surface area (Å²) in [6, 6.07) is 23.1. The van der Waals surface area contributed by atoms with Crippen molar-refractivity contribution in [2.75, 3.05) is 0 Å². The highest BCUT2D eigenvalue weighted by Crippen LogP contribution is 2.30. The predicted molar refractivity (Wildman–Crippen MR) is 79.9 cm³/mol. The van der Waals surface area contributed by atoms with Gasteiger partial charge in [-0.05, 0) is 21.9 Å². The van der Waals surface area contributed by atoms with Crippen LogP contribution in [-0.4, -0.2) is 11.1 Å². The van der Waals surface area contributed by atoms with Crippen molar-refractivity contribution < 1.29 is 9.90 Å². The van der Waals surface area contributed by atoms with Gasteiger partial charge in [0.25, 0.3) is 0 Å². The summed E-state index contributed by atoms with van der Waals surface area (Å²) in [4.78, 5) is 11.7. The lowest BCUT2D eigenvalue weighted by atomic mass is 9.88. The highest BCUT2D eigenvalue weighted by Gasteiger charge is 2.23. The van der Waals surface area contributed by atoms with E-state index >= 15 is 0 Å².